The van der Waals surface area contributed by atoms with Gasteiger partial charge in [0.1, 0.15) is 5.62 Å². The van der Waals surface area contributed by atoms with Gasteiger partial charge in [0.25, 0.3) is 0 Å². The van der Waals surface area contributed by atoms with Crippen LogP contribution in [0.2, 0.25) is 0 Å². The van der Waals surface area contributed by atoms with E-state index in [1.54, 1.807) is 6.92 Å². The Bertz CT molecular complexity index is 139. The fraction of sp³-hybridized carbons (Fsp3) is 1.00. The third-order valence-electron chi connectivity index (χ3n) is 1.07. The molecule has 5 heteroatoms. The lowest BCUT2D eigenvalue weighted by Gasteiger charge is -2.13. The first-order valence-corrected chi connectivity index (χ1v) is 5.37. The van der Waals surface area contributed by atoms with Crippen molar-refractivity contribution >= 4 is 19.2 Å². The molecule has 0 aliphatic heterocycles. The molecule has 0 bridgehead atoms. The average Bonchev–Trinajstić information content (AvgIpc) is 1.87. The maximum atomic E-state index is 10.8. The van der Waals surface area contributed by atoms with E-state index in [1.165, 1.54) is 0 Å². The normalized spacial score (nSPS) is 20.0. The van der Waals surface area contributed by atoms with Crippen LogP contribution in [0.5, 0.6) is 0 Å². The highest BCUT2D eigenvalue weighted by atomic mass is 35.5. The van der Waals surface area contributed by atoms with Crippen molar-refractivity contribution in [3.63, 3.8) is 0 Å². The van der Waals surface area contributed by atoms with Crippen LogP contribution in [0.4, 0.5) is 0 Å². The maximum Gasteiger partial charge on any atom is 0.343 e. The van der Waals surface area contributed by atoms with Crippen molar-refractivity contribution < 1.29 is 14.0 Å². The molecular formula is C5H12ClO3P. The zero-order chi connectivity index (χ0) is 8.20. The van der Waals surface area contributed by atoms with Gasteiger partial charge in [-0.2, -0.15) is 0 Å². The van der Waals surface area contributed by atoms with Crippen LogP contribution in [0.1, 0.15) is 20.3 Å². The first-order chi connectivity index (χ1) is 4.52. The van der Waals surface area contributed by atoms with Crippen molar-refractivity contribution in [3.05, 3.63) is 0 Å². The summed E-state index contributed by atoms with van der Waals surface area (Å²) in [6, 6.07) is 0. The standard InChI is InChI=1S/C5H12ClO3P/c1-3-5(2)9-10(7,8)4-6/h5H,3-4H2,1-2H3,(H,7,8). The Morgan fingerprint density at radius 1 is 1.80 bits per heavy atom. The molecule has 62 valence electrons. The summed E-state index contributed by atoms with van der Waals surface area (Å²) in [6.45, 7) is 3.61. The molecule has 0 spiro atoms. The van der Waals surface area contributed by atoms with E-state index in [-0.39, 0.29) is 11.7 Å². The topological polar surface area (TPSA) is 46.5 Å². The molecule has 10 heavy (non-hydrogen) atoms. The lowest BCUT2D eigenvalue weighted by Crippen LogP contribution is -2.04. The summed E-state index contributed by atoms with van der Waals surface area (Å²) in [5, 5.41) is 0. The smallest absolute Gasteiger partial charge is 0.323 e. The zero-order valence-electron chi connectivity index (χ0n) is 6.08. The predicted molar refractivity (Wildman–Crippen MR) is 41.4 cm³/mol. The van der Waals surface area contributed by atoms with Gasteiger partial charge in [-0.3, -0.25) is 4.57 Å². The quantitative estimate of drug-likeness (QED) is 0.541. The fourth-order valence-electron chi connectivity index (χ4n) is 0.384. The Balaban J connectivity index is 3.77. The SMILES string of the molecule is CCC(C)OP(=O)(O)CCl. The Labute approximate surface area is 65.9 Å². The van der Waals surface area contributed by atoms with E-state index in [9.17, 15) is 4.57 Å². The molecule has 0 saturated heterocycles. The van der Waals surface area contributed by atoms with Gasteiger partial charge in [-0.15, -0.1) is 11.6 Å². The minimum absolute atomic E-state index is 0.199. The molecule has 0 heterocycles. The van der Waals surface area contributed by atoms with Crippen molar-refractivity contribution in [2.45, 2.75) is 26.4 Å². The van der Waals surface area contributed by atoms with Gasteiger partial charge in [0.15, 0.2) is 0 Å². The summed E-state index contributed by atoms with van der Waals surface area (Å²) in [5.74, 6) is 0. The minimum Gasteiger partial charge on any atom is -0.323 e. The van der Waals surface area contributed by atoms with Crippen molar-refractivity contribution in [1.82, 2.24) is 0 Å². The van der Waals surface area contributed by atoms with Crippen LogP contribution in [0.3, 0.4) is 0 Å². The van der Waals surface area contributed by atoms with Crippen LogP contribution in [0.25, 0.3) is 0 Å². The number of hydrogen-bond acceptors (Lipinski definition) is 2. The summed E-state index contributed by atoms with van der Waals surface area (Å²) in [4.78, 5) is 8.83. The van der Waals surface area contributed by atoms with Gasteiger partial charge < -0.3 is 9.42 Å². The number of hydrogen-bond donors (Lipinski definition) is 1. The summed E-state index contributed by atoms with van der Waals surface area (Å²) in [6.07, 6.45) is 0.510. The number of alkyl halides is 1. The van der Waals surface area contributed by atoms with Gasteiger partial charge in [0, 0.05) is 0 Å². The maximum absolute atomic E-state index is 10.8. The van der Waals surface area contributed by atoms with Gasteiger partial charge in [-0.05, 0) is 13.3 Å². The van der Waals surface area contributed by atoms with E-state index in [2.05, 4.69) is 0 Å². The summed E-state index contributed by atoms with van der Waals surface area (Å²) in [7, 11) is -3.48. The molecular weight excluding hydrogens is 174 g/mol. The average molecular weight is 187 g/mol. The highest BCUT2D eigenvalue weighted by Gasteiger charge is 2.19. The second kappa shape index (κ2) is 4.35. The number of halogens is 1. The molecule has 2 unspecified atom stereocenters. The highest BCUT2D eigenvalue weighted by molar-refractivity contribution is 7.54. The lowest BCUT2D eigenvalue weighted by atomic mass is 10.3. The van der Waals surface area contributed by atoms with E-state index in [0.717, 1.165) is 0 Å². The zero-order valence-corrected chi connectivity index (χ0v) is 7.73. The highest BCUT2D eigenvalue weighted by Crippen LogP contribution is 2.44. The van der Waals surface area contributed by atoms with Crippen molar-refractivity contribution in [2.24, 2.45) is 0 Å². The summed E-state index contributed by atoms with van der Waals surface area (Å²) in [5.41, 5.74) is -0.336. The van der Waals surface area contributed by atoms with Gasteiger partial charge in [-0.25, -0.2) is 0 Å². The Morgan fingerprint density at radius 3 is 2.60 bits per heavy atom. The molecule has 3 nitrogen and oxygen atoms in total. The fourth-order valence-corrected chi connectivity index (χ4v) is 1.32. The monoisotopic (exact) mass is 186 g/mol. The molecule has 0 fully saturated rings. The van der Waals surface area contributed by atoms with Crippen molar-refractivity contribution in [3.8, 4) is 0 Å². The van der Waals surface area contributed by atoms with E-state index in [1.807, 2.05) is 6.92 Å². The van der Waals surface area contributed by atoms with Crippen molar-refractivity contribution in [1.29, 1.82) is 0 Å². The lowest BCUT2D eigenvalue weighted by molar-refractivity contribution is 0.188. The Hall–Kier alpha value is 0.440. The molecule has 0 rings (SSSR count). The molecule has 0 aromatic rings. The predicted octanol–water partition coefficient (Wildman–Crippen LogP) is 2.18. The van der Waals surface area contributed by atoms with Crippen LogP contribution in [-0.4, -0.2) is 16.6 Å². The van der Waals surface area contributed by atoms with E-state index in [4.69, 9.17) is 21.0 Å². The summed E-state index contributed by atoms with van der Waals surface area (Å²) >= 11 is 5.16. The molecule has 0 aromatic heterocycles. The van der Waals surface area contributed by atoms with E-state index >= 15 is 0 Å². The third-order valence-corrected chi connectivity index (χ3v) is 2.97. The molecule has 0 aromatic carbocycles. The van der Waals surface area contributed by atoms with Crippen molar-refractivity contribution in [2.75, 3.05) is 5.62 Å². The van der Waals surface area contributed by atoms with Crippen LogP contribution < -0.4 is 0 Å². The van der Waals surface area contributed by atoms with Crippen LogP contribution in [0, 0.1) is 0 Å². The molecule has 1 N–H and O–H groups in total. The third kappa shape index (κ3) is 4.29. The molecule has 0 aliphatic rings. The van der Waals surface area contributed by atoms with Crippen LogP contribution in [0.15, 0.2) is 0 Å². The minimum atomic E-state index is -3.48. The first kappa shape index (κ1) is 10.4. The van der Waals surface area contributed by atoms with Gasteiger partial charge in [0.05, 0.1) is 6.10 Å². The second-order valence-corrected chi connectivity index (χ2v) is 4.52. The van der Waals surface area contributed by atoms with Gasteiger partial charge in [-0.1, -0.05) is 6.92 Å². The van der Waals surface area contributed by atoms with Crippen LogP contribution in [-0.2, 0) is 9.09 Å². The first-order valence-electron chi connectivity index (χ1n) is 3.08. The Kier molecular flexibility index (Phi) is 4.54. The second-order valence-electron chi connectivity index (χ2n) is 2.08. The molecule has 2 atom stereocenters. The summed E-state index contributed by atoms with van der Waals surface area (Å²) < 4.78 is 15.5. The van der Waals surface area contributed by atoms with Gasteiger partial charge >= 0.3 is 7.60 Å². The van der Waals surface area contributed by atoms with E-state index in [0.29, 0.717) is 6.42 Å². The molecule has 0 radical (unpaired) electrons. The number of rotatable bonds is 4. The van der Waals surface area contributed by atoms with Crippen LogP contribution >= 0.6 is 19.2 Å². The molecule has 0 saturated carbocycles. The molecule has 0 aliphatic carbocycles. The van der Waals surface area contributed by atoms with Gasteiger partial charge in [0.2, 0.25) is 0 Å². The molecule has 0 amide bonds. The largest absolute Gasteiger partial charge is 0.343 e. The van der Waals surface area contributed by atoms with E-state index < -0.39 is 7.60 Å². The Morgan fingerprint density at radius 2 is 2.30 bits per heavy atom.